The fraction of sp³-hybridized carbons (Fsp3) is 0.857. The highest BCUT2D eigenvalue weighted by molar-refractivity contribution is 5.78. The minimum Gasteiger partial charge on any atom is -0.481 e. The molecule has 0 aromatic heterocycles. The lowest BCUT2D eigenvalue weighted by Gasteiger charge is -2.27. The minimum absolute atomic E-state index is 0.148. The molecular weight excluding hydrogens is 244 g/mol. The Kier molecular flexibility index (Phi) is 5.63. The number of amides is 2. The van der Waals surface area contributed by atoms with E-state index in [4.69, 9.17) is 0 Å². The molecule has 1 unspecified atom stereocenters. The van der Waals surface area contributed by atoms with Crippen LogP contribution in [0.25, 0.3) is 0 Å². The van der Waals surface area contributed by atoms with Crippen molar-refractivity contribution in [1.82, 2.24) is 10.6 Å². The van der Waals surface area contributed by atoms with Gasteiger partial charge >= 0.3 is 12.0 Å². The molecule has 0 heterocycles. The summed E-state index contributed by atoms with van der Waals surface area (Å²) in [5, 5.41) is 14.8. The maximum absolute atomic E-state index is 11.7. The van der Waals surface area contributed by atoms with E-state index in [1.807, 2.05) is 20.8 Å². The summed E-state index contributed by atoms with van der Waals surface area (Å²) in [7, 11) is 0. The maximum atomic E-state index is 11.7. The van der Waals surface area contributed by atoms with Crippen molar-refractivity contribution in [3.63, 3.8) is 0 Å². The Balaban J connectivity index is 2.36. The van der Waals surface area contributed by atoms with E-state index in [0.717, 1.165) is 12.3 Å². The molecule has 0 saturated heterocycles. The van der Waals surface area contributed by atoms with Crippen molar-refractivity contribution in [2.45, 2.75) is 58.9 Å². The molecule has 19 heavy (non-hydrogen) atoms. The summed E-state index contributed by atoms with van der Waals surface area (Å²) < 4.78 is 0. The lowest BCUT2D eigenvalue weighted by Crippen LogP contribution is -2.47. The van der Waals surface area contributed by atoms with Gasteiger partial charge in [-0.05, 0) is 32.1 Å². The number of carboxylic acid groups (broad SMARTS) is 1. The van der Waals surface area contributed by atoms with Crippen LogP contribution in [0.4, 0.5) is 4.79 Å². The third-order valence-corrected chi connectivity index (χ3v) is 4.16. The van der Waals surface area contributed by atoms with Gasteiger partial charge in [-0.15, -0.1) is 0 Å². The Morgan fingerprint density at radius 1 is 1.32 bits per heavy atom. The number of carbonyl (C=O) groups is 2. The Labute approximate surface area is 115 Å². The molecule has 5 heteroatoms. The first-order chi connectivity index (χ1) is 8.93. The molecule has 1 fully saturated rings. The molecule has 0 bridgehead atoms. The van der Waals surface area contributed by atoms with Crippen LogP contribution in [0, 0.1) is 11.3 Å². The molecular formula is C14H26N2O3. The zero-order valence-electron chi connectivity index (χ0n) is 12.2. The molecule has 1 aliphatic rings. The van der Waals surface area contributed by atoms with E-state index in [-0.39, 0.29) is 18.6 Å². The van der Waals surface area contributed by atoms with Gasteiger partial charge in [0.1, 0.15) is 0 Å². The molecule has 2 amide bonds. The standard InChI is InChI=1S/C14H26N2O3/c1-4-14(5-2,12(17)18)9-15-13(19)16-10(3)8-11-6-7-11/h10-11H,4-9H2,1-3H3,(H,17,18)(H2,15,16,19). The van der Waals surface area contributed by atoms with Crippen LogP contribution < -0.4 is 10.6 Å². The fourth-order valence-corrected chi connectivity index (χ4v) is 2.31. The van der Waals surface area contributed by atoms with Gasteiger partial charge in [0.25, 0.3) is 0 Å². The van der Waals surface area contributed by atoms with Crippen molar-refractivity contribution < 1.29 is 14.7 Å². The van der Waals surface area contributed by atoms with Gasteiger partial charge in [-0.25, -0.2) is 4.79 Å². The first kappa shape index (κ1) is 15.8. The summed E-state index contributed by atoms with van der Waals surface area (Å²) in [6, 6.07) is -0.115. The van der Waals surface area contributed by atoms with E-state index in [1.165, 1.54) is 12.8 Å². The van der Waals surface area contributed by atoms with Gasteiger partial charge in [-0.3, -0.25) is 4.79 Å². The monoisotopic (exact) mass is 270 g/mol. The highest BCUT2D eigenvalue weighted by atomic mass is 16.4. The normalized spacial score (nSPS) is 16.8. The molecule has 0 radical (unpaired) electrons. The summed E-state index contributed by atoms with van der Waals surface area (Å²) in [4.78, 5) is 23.0. The second-order valence-corrected chi connectivity index (χ2v) is 5.70. The topological polar surface area (TPSA) is 78.4 Å². The number of rotatable bonds is 8. The third kappa shape index (κ3) is 4.73. The minimum atomic E-state index is -0.850. The summed E-state index contributed by atoms with van der Waals surface area (Å²) in [6.07, 6.45) is 4.56. The second kappa shape index (κ2) is 6.78. The summed E-state index contributed by atoms with van der Waals surface area (Å²) in [5.74, 6) is -0.0801. The lowest BCUT2D eigenvalue weighted by molar-refractivity contribution is -0.149. The van der Waals surface area contributed by atoms with E-state index < -0.39 is 11.4 Å². The molecule has 110 valence electrons. The first-order valence-electron chi connectivity index (χ1n) is 7.21. The van der Waals surface area contributed by atoms with Crippen LogP contribution >= 0.6 is 0 Å². The van der Waals surface area contributed by atoms with Gasteiger partial charge in [0, 0.05) is 12.6 Å². The smallest absolute Gasteiger partial charge is 0.315 e. The van der Waals surface area contributed by atoms with Crippen LogP contribution in [0.5, 0.6) is 0 Å². The van der Waals surface area contributed by atoms with Crippen molar-refractivity contribution >= 4 is 12.0 Å². The van der Waals surface area contributed by atoms with E-state index in [0.29, 0.717) is 12.8 Å². The van der Waals surface area contributed by atoms with Gasteiger partial charge in [0.05, 0.1) is 5.41 Å². The molecule has 0 aliphatic heterocycles. The number of urea groups is 1. The highest BCUT2D eigenvalue weighted by Gasteiger charge is 2.35. The number of aliphatic carboxylic acids is 1. The van der Waals surface area contributed by atoms with Crippen LogP contribution in [0.2, 0.25) is 0 Å². The predicted molar refractivity (Wildman–Crippen MR) is 74.0 cm³/mol. The van der Waals surface area contributed by atoms with Gasteiger partial charge < -0.3 is 15.7 Å². The van der Waals surface area contributed by atoms with Crippen LogP contribution in [-0.2, 0) is 4.79 Å². The molecule has 1 saturated carbocycles. The number of carbonyl (C=O) groups excluding carboxylic acids is 1. The van der Waals surface area contributed by atoms with Crippen molar-refractivity contribution in [2.24, 2.45) is 11.3 Å². The Morgan fingerprint density at radius 2 is 1.89 bits per heavy atom. The van der Waals surface area contributed by atoms with Crippen LogP contribution in [0.1, 0.15) is 52.9 Å². The predicted octanol–water partition coefficient (Wildman–Crippen LogP) is 2.37. The van der Waals surface area contributed by atoms with Gasteiger partial charge in [0.15, 0.2) is 0 Å². The summed E-state index contributed by atoms with van der Waals surface area (Å²) in [6.45, 7) is 5.85. The molecule has 0 aromatic carbocycles. The molecule has 0 aromatic rings. The summed E-state index contributed by atoms with van der Waals surface area (Å²) >= 11 is 0. The average Bonchev–Trinajstić information content (AvgIpc) is 3.14. The number of hydrogen-bond donors (Lipinski definition) is 3. The van der Waals surface area contributed by atoms with E-state index in [1.54, 1.807) is 0 Å². The molecule has 3 N–H and O–H groups in total. The fourth-order valence-electron chi connectivity index (χ4n) is 2.31. The molecule has 1 atom stereocenters. The molecule has 1 aliphatic carbocycles. The Hall–Kier alpha value is -1.26. The zero-order chi connectivity index (χ0) is 14.5. The largest absolute Gasteiger partial charge is 0.481 e. The van der Waals surface area contributed by atoms with Gasteiger partial charge in [-0.1, -0.05) is 26.7 Å². The maximum Gasteiger partial charge on any atom is 0.315 e. The zero-order valence-corrected chi connectivity index (χ0v) is 12.2. The number of carboxylic acids is 1. The van der Waals surface area contributed by atoms with Crippen LogP contribution in [0.3, 0.4) is 0 Å². The first-order valence-corrected chi connectivity index (χ1v) is 7.21. The van der Waals surface area contributed by atoms with Crippen molar-refractivity contribution in [1.29, 1.82) is 0 Å². The van der Waals surface area contributed by atoms with Crippen LogP contribution in [-0.4, -0.2) is 29.7 Å². The number of hydrogen-bond acceptors (Lipinski definition) is 2. The van der Waals surface area contributed by atoms with Gasteiger partial charge in [-0.2, -0.15) is 0 Å². The van der Waals surface area contributed by atoms with Crippen LogP contribution in [0.15, 0.2) is 0 Å². The summed E-state index contributed by atoms with van der Waals surface area (Å²) in [5.41, 5.74) is -0.850. The van der Waals surface area contributed by atoms with E-state index in [9.17, 15) is 14.7 Å². The third-order valence-electron chi connectivity index (χ3n) is 4.16. The van der Waals surface area contributed by atoms with E-state index in [2.05, 4.69) is 10.6 Å². The molecule has 0 spiro atoms. The quantitative estimate of drug-likeness (QED) is 0.633. The Bertz CT molecular complexity index is 323. The number of nitrogens with one attached hydrogen (secondary N) is 2. The van der Waals surface area contributed by atoms with Crippen molar-refractivity contribution in [3.05, 3.63) is 0 Å². The average molecular weight is 270 g/mol. The SMILES string of the molecule is CCC(CC)(CNC(=O)NC(C)CC1CC1)C(=O)O. The Morgan fingerprint density at radius 3 is 2.32 bits per heavy atom. The van der Waals surface area contributed by atoms with Crippen molar-refractivity contribution in [2.75, 3.05) is 6.54 Å². The molecule has 1 rings (SSSR count). The van der Waals surface area contributed by atoms with E-state index >= 15 is 0 Å². The lowest BCUT2D eigenvalue weighted by atomic mass is 9.82. The van der Waals surface area contributed by atoms with Crippen molar-refractivity contribution in [3.8, 4) is 0 Å². The highest BCUT2D eigenvalue weighted by Crippen LogP contribution is 2.33. The second-order valence-electron chi connectivity index (χ2n) is 5.70. The molecule has 5 nitrogen and oxygen atoms in total. The van der Waals surface area contributed by atoms with Gasteiger partial charge in [0.2, 0.25) is 0 Å².